The monoisotopic (exact) mass is 343 g/mol. The summed E-state index contributed by atoms with van der Waals surface area (Å²) in [4.78, 5) is 0. The molecule has 0 aliphatic heterocycles. The van der Waals surface area contributed by atoms with E-state index in [0.29, 0.717) is 0 Å². The van der Waals surface area contributed by atoms with Crippen molar-refractivity contribution in [3.05, 3.63) is 33.8 Å². The molecule has 2 aliphatic rings. The number of rotatable bonds is 4. The molecule has 0 aromatic heterocycles. The van der Waals surface area contributed by atoms with Gasteiger partial charge >= 0.3 is 0 Å². The predicted molar refractivity (Wildman–Crippen MR) is 79.4 cm³/mol. The van der Waals surface area contributed by atoms with Crippen LogP contribution in [-0.4, -0.2) is 7.05 Å². The van der Waals surface area contributed by atoms with Crippen LogP contribution in [0.1, 0.15) is 43.7 Å². The molecule has 20 heavy (non-hydrogen) atoms. The van der Waals surface area contributed by atoms with Crippen LogP contribution >= 0.6 is 15.9 Å². The molecule has 2 aliphatic carbocycles. The van der Waals surface area contributed by atoms with Crippen molar-refractivity contribution in [1.82, 2.24) is 5.32 Å². The normalized spacial score (nSPS) is 29.9. The van der Waals surface area contributed by atoms with Crippen molar-refractivity contribution < 1.29 is 8.78 Å². The minimum atomic E-state index is -0.796. The van der Waals surface area contributed by atoms with Crippen molar-refractivity contribution in [1.29, 1.82) is 0 Å². The third-order valence-corrected chi connectivity index (χ3v) is 6.02. The fourth-order valence-electron chi connectivity index (χ4n) is 4.18. The summed E-state index contributed by atoms with van der Waals surface area (Å²) >= 11 is 3.21. The number of hydrogen-bond acceptors (Lipinski definition) is 1. The highest BCUT2D eigenvalue weighted by Gasteiger charge is 2.40. The number of benzene rings is 1. The third kappa shape index (κ3) is 2.52. The maximum absolute atomic E-state index is 13.7. The fraction of sp³-hybridized carbons (Fsp3) is 0.625. The van der Waals surface area contributed by atoms with Crippen LogP contribution in [0.4, 0.5) is 8.78 Å². The quantitative estimate of drug-likeness (QED) is 0.773. The first-order valence-corrected chi connectivity index (χ1v) is 8.20. The second-order valence-corrected chi connectivity index (χ2v) is 7.07. The predicted octanol–water partition coefficient (Wildman–Crippen LogP) is 4.81. The SMILES string of the molecule is CNC(CC1CC2CCC1C2)c1ccc(F)c(F)c1Br. The lowest BCUT2D eigenvalue weighted by atomic mass is 9.83. The van der Waals surface area contributed by atoms with E-state index in [1.165, 1.54) is 31.7 Å². The Morgan fingerprint density at radius 1 is 1.30 bits per heavy atom. The Hall–Kier alpha value is -0.480. The van der Waals surface area contributed by atoms with E-state index in [1.54, 1.807) is 6.07 Å². The van der Waals surface area contributed by atoms with E-state index < -0.39 is 11.6 Å². The van der Waals surface area contributed by atoms with Crippen LogP contribution in [0.2, 0.25) is 0 Å². The van der Waals surface area contributed by atoms with Gasteiger partial charge in [0.2, 0.25) is 0 Å². The summed E-state index contributed by atoms with van der Waals surface area (Å²) in [7, 11) is 1.89. The highest BCUT2D eigenvalue weighted by atomic mass is 79.9. The van der Waals surface area contributed by atoms with Gasteiger partial charge in [-0.2, -0.15) is 0 Å². The number of nitrogens with one attached hydrogen (secondary N) is 1. The molecule has 1 aromatic carbocycles. The van der Waals surface area contributed by atoms with Gasteiger partial charge in [-0.05, 0) is 78.0 Å². The van der Waals surface area contributed by atoms with Gasteiger partial charge in [-0.15, -0.1) is 0 Å². The molecule has 1 nitrogen and oxygen atoms in total. The van der Waals surface area contributed by atoms with Crippen molar-refractivity contribution >= 4 is 15.9 Å². The summed E-state index contributed by atoms with van der Waals surface area (Å²) in [6.07, 6.45) is 6.44. The molecule has 0 saturated heterocycles. The molecule has 110 valence electrons. The topological polar surface area (TPSA) is 12.0 Å². The fourth-order valence-corrected chi connectivity index (χ4v) is 4.78. The van der Waals surface area contributed by atoms with E-state index in [4.69, 9.17) is 0 Å². The van der Waals surface area contributed by atoms with Crippen molar-refractivity contribution in [2.24, 2.45) is 17.8 Å². The van der Waals surface area contributed by atoms with Gasteiger partial charge in [0.25, 0.3) is 0 Å². The van der Waals surface area contributed by atoms with Crippen molar-refractivity contribution in [2.45, 2.75) is 38.1 Å². The first kappa shape index (κ1) is 14.5. The smallest absolute Gasteiger partial charge is 0.173 e. The molecule has 2 bridgehead atoms. The van der Waals surface area contributed by atoms with Crippen LogP contribution in [0, 0.1) is 29.4 Å². The zero-order chi connectivity index (χ0) is 14.3. The minimum absolute atomic E-state index is 0.0869. The standard InChI is InChI=1S/C16H20BrF2N/c1-20-14(8-11-7-9-2-3-10(11)6-9)12-4-5-13(18)16(19)15(12)17/h4-5,9-11,14,20H,2-3,6-8H2,1H3. The first-order valence-electron chi connectivity index (χ1n) is 7.40. The molecular weight excluding hydrogens is 324 g/mol. The Labute approximate surface area is 127 Å². The number of hydrogen-bond donors (Lipinski definition) is 1. The molecule has 0 spiro atoms. The molecule has 2 saturated carbocycles. The van der Waals surface area contributed by atoms with Crippen molar-refractivity contribution in [2.75, 3.05) is 7.05 Å². The zero-order valence-corrected chi connectivity index (χ0v) is 13.2. The average molecular weight is 344 g/mol. The van der Waals surface area contributed by atoms with Crippen LogP contribution < -0.4 is 5.32 Å². The Balaban J connectivity index is 1.78. The number of fused-ring (bicyclic) bond motifs is 2. The maximum atomic E-state index is 13.7. The first-order chi connectivity index (χ1) is 9.60. The van der Waals surface area contributed by atoms with Gasteiger partial charge in [-0.25, -0.2) is 8.78 Å². The summed E-state index contributed by atoms with van der Waals surface area (Å²) in [5, 5.41) is 3.27. The van der Waals surface area contributed by atoms with Gasteiger partial charge in [0.1, 0.15) is 0 Å². The molecular formula is C16H20BrF2N. The van der Waals surface area contributed by atoms with Gasteiger partial charge in [-0.3, -0.25) is 0 Å². The highest BCUT2D eigenvalue weighted by molar-refractivity contribution is 9.10. The van der Waals surface area contributed by atoms with E-state index in [-0.39, 0.29) is 10.5 Å². The lowest BCUT2D eigenvalue weighted by Crippen LogP contribution is -2.23. The second-order valence-electron chi connectivity index (χ2n) is 6.28. The lowest BCUT2D eigenvalue weighted by Gasteiger charge is -2.27. The van der Waals surface area contributed by atoms with Crippen LogP contribution in [0.15, 0.2) is 16.6 Å². The van der Waals surface area contributed by atoms with Crippen molar-refractivity contribution in [3.8, 4) is 0 Å². The van der Waals surface area contributed by atoms with Gasteiger partial charge < -0.3 is 5.32 Å². The summed E-state index contributed by atoms with van der Waals surface area (Å²) in [6.45, 7) is 0. The van der Waals surface area contributed by atoms with Crippen LogP contribution in [0.25, 0.3) is 0 Å². The molecule has 3 rings (SSSR count). The van der Waals surface area contributed by atoms with E-state index in [2.05, 4.69) is 21.2 Å². The Morgan fingerprint density at radius 2 is 2.10 bits per heavy atom. The molecule has 0 heterocycles. The third-order valence-electron chi connectivity index (χ3n) is 5.21. The summed E-state index contributed by atoms with van der Waals surface area (Å²) < 4.78 is 27.2. The summed E-state index contributed by atoms with van der Waals surface area (Å²) in [6, 6.07) is 3.00. The minimum Gasteiger partial charge on any atom is -0.313 e. The molecule has 4 heteroatoms. The van der Waals surface area contributed by atoms with E-state index in [9.17, 15) is 8.78 Å². The van der Waals surface area contributed by atoms with Gasteiger partial charge in [-0.1, -0.05) is 12.5 Å². The maximum Gasteiger partial charge on any atom is 0.173 e. The molecule has 1 N–H and O–H groups in total. The van der Waals surface area contributed by atoms with E-state index in [0.717, 1.165) is 29.7 Å². The molecule has 1 aromatic rings. The molecule has 0 radical (unpaired) electrons. The van der Waals surface area contributed by atoms with E-state index in [1.807, 2.05) is 7.05 Å². The van der Waals surface area contributed by atoms with Crippen LogP contribution in [0.5, 0.6) is 0 Å². The highest BCUT2D eigenvalue weighted by Crippen LogP contribution is 2.51. The van der Waals surface area contributed by atoms with Crippen LogP contribution in [0.3, 0.4) is 0 Å². The summed E-state index contributed by atoms with van der Waals surface area (Å²) in [5.74, 6) is 0.910. The Bertz CT molecular complexity index is 505. The molecule has 0 amide bonds. The summed E-state index contributed by atoms with van der Waals surface area (Å²) in [5.41, 5.74) is 0.828. The second kappa shape index (κ2) is 5.72. The zero-order valence-electron chi connectivity index (χ0n) is 11.6. The Kier molecular flexibility index (Phi) is 4.14. The largest absolute Gasteiger partial charge is 0.313 e. The van der Waals surface area contributed by atoms with Gasteiger partial charge in [0.15, 0.2) is 11.6 Å². The lowest BCUT2D eigenvalue weighted by molar-refractivity contribution is 0.283. The Morgan fingerprint density at radius 3 is 2.70 bits per heavy atom. The molecule has 4 atom stereocenters. The van der Waals surface area contributed by atoms with Gasteiger partial charge in [0.05, 0.1) is 4.47 Å². The number of halogens is 3. The van der Waals surface area contributed by atoms with E-state index >= 15 is 0 Å². The van der Waals surface area contributed by atoms with Gasteiger partial charge in [0, 0.05) is 6.04 Å². The molecule has 2 fully saturated rings. The van der Waals surface area contributed by atoms with Crippen molar-refractivity contribution in [3.63, 3.8) is 0 Å². The molecule has 4 unspecified atom stereocenters. The van der Waals surface area contributed by atoms with Crippen LogP contribution in [-0.2, 0) is 0 Å². The average Bonchev–Trinajstić information content (AvgIpc) is 3.05.